The molecule has 2 heterocycles. The molecule has 0 saturated carbocycles. The molecule has 3 N–H and O–H groups in total. The fourth-order valence-electron chi connectivity index (χ4n) is 9.20. The third kappa shape index (κ3) is 13.6. The number of nitriles is 1. The Morgan fingerprint density at radius 3 is 2.03 bits per heavy atom. The molecule has 0 bridgehead atoms. The summed E-state index contributed by atoms with van der Waals surface area (Å²) in [5.74, 6) is 0.903. The topological polar surface area (TPSA) is 205 Å². The molecule has 0 spiro atoms. The summed E-state index contributed by atoms with van der Waals surface area (Å²) in [7, 11) is 3.03. The number of benzene rings is 5. The van der Waals surface area contributed by atoms with Crippen LogP contribution in [0.25, 0.3) is 16.8 Å². The average molecular weight is 1060 g/mol. The number of nitrogens with one attached hydrogen (secondary N) is 3. The first-order chi connectivity index (χ1) is 36.7. The van der Waals surface area contributed by atoms with Crippen LogP contribution in [0.1, 0.15) is 87.4 Å². The number of aromatic nitrogens is 2. The maximum absolute atomic E-state index is 13.8. The molecular weight excluding hydrogens is 988 g/mol. The fraction of sp³-hybridized carbons (Fsp3) is 0.362. The number of fused-ring (bicyclic) bond motifs is 1. The van der Waals surface area contributed by atoms with Crippen molar-refractivity contribution in [1.82, 2.24) is 24.9 Å². The Kier molecular flexibility index (Phi) is 19.8. The second-order valence-electron chi connectivity index (χ2n) is 18.7. The summed E-state index contributed by atoms with van der Waals surface area (Å²) in [5, 5.41) is 17.1. The van der Waals surface area contributed by atoms with E-state index in [1.54, 1.807) is 21.3 Å². The van der Waals surface area contributed by atoms with Gasteiger partial charge in [0.2, 0.25) is 11.8 Å². The summed E-state index contributed by atoms with van der Waals surface area (Å²) >= 11 is 0. The van der Waals surface area contributed by atoms with Crippen LogP contribution in [0.4, 0.5) is 0 Å². The van der Waals surface area contributed by atoms with Gasteiger partial charge in [-0.15, -0.1) is 0 Å². The Bertz CT molecular complexity index is 3030. The van der Waals surface area contributed by atoms with Gasteiger partial charge in [0.25, 0.3) is 14.1 Å². The van der Waals surface area contributed by atoms with Crippen molar-refractivity contribution < 1.29 is 42.3 Å². The highest BCUT2D eigenvalue weighted by Gasteiger charge is 2.45. The minimum Gasteiger partial charge on any atom is -0.497 e. The van der Waals surface area contributed by atoms with Gasteiger partial charge in [0, 0.05) is 43.9 Å². The van der Waals surface area contributed by atoms with Gasteiger partial charge in [0.15, 0.2) is 0 Å². The van der Waals surface area contributed by atoms with Crippen molar-refractivity contribution in [3.63, 3.8) is 0 Å². The van der Waals surface area contributed by atoms with Gasteiger partial charge in [-0.1, -0.05) is 78.9 Å². The van der Waals surface area contributed by atoms with E-state index >= 15 is 0 Å². The van der Waals surface area contributed by atoms with Gasteiger partial charge in [-0.2, -0.15) is 5.26 Å². The Hall–Kier alpha value is -7.16. The first kappa shape index (κ1) is 56.6. The van der Waals surface area contributed by atoms with Gasteiger partial charge in [0.05, 0.1) is 64.6 Å². The predicted molar refractivity (Wildman–Crippen MR) is 292 cm³/mol. The summed E-state index contributed by atoms with van der Waals surface area (Å²) in [6.07, 6.45) is 1.55. The first-order valence-corrected chi connectivity index (χ1v) is 26.4. The van der Waals surface area contributed by atoms with E-state index in [9.17, 15) is 24.4 Å². The first-order valence-electron chi connectivity index (χ1n) is 25.2. The Balaban J connectivity index is 1.13. The van der Waals surface area contributed by atoms with Crippen molar-refractivity contribution in [3.8, 4) is 23.3 Å². The van der Waals surface area contributed by atoms with Gasteiger partial charge in [-0.3, -0.25) is 23.9 Å². The summed E-state index contributed by atoms with van der Waals surface area (Å²) in [6.45, 7) is 10.3. The molecule has 1 saturated heterocycles. The standard InChI is InChI=1S/C58H67N6O11P/c1-38(2)64(39(3)4)76(73-32-12-29-59)75-51-35-54(74-52(51)37-72-58(45-13-10-9-11-14-45,46-19-24-48(69-6)25-20-46)47-21-26-49(70-7)27-22-47)63-36-44(56(67)62-57(63)68)18-28-53(65)60-30-31-61-55(66)40(5)41-15-16-43-34-50(71-8)23-17-42(43)33-41/h9-11,13-28,33-34,36,38-40,51-52,54H,12,30-32,35,37H2,1-8H3,(H,60,65)(H,61,66)(H,62,67,68)/b28-18+/t40-,51?,52+,54+,76?/m0/s1. The zero-order valence-electron chi connectivity index (χ0n) is 44.2. The largest absolute Gasteiger partial charge is 0.497 e. The molecule has 18 heteroatoms. The molecule has 1 aliphatic heterocycles. The van der Waals surface area contributed by atoms with Crippen LogP contribution in [0.15, 0.2) is 137 Å². The van der Waals surface area contributed by atoms with Crippen molar-refractivity contribution >= 4 is 37.2 Å². The van der Waals surface area contributed by atoms with Crippen LogP contribution in [0.2, 0.25) is 0 Å². The van der Waals surface area contributed by atoms with Crippen LogP contribution in [0, 0.1) is 11.3 Å². The highest BCUT2D eigenvalue weighted by molar-refractivity contribution is 7.44. The quantitative estimate of drug-likeness (QED) is 0.0213. The number of hydrogen-bond donors (Lipinski definition) is 3. The molecule has 5 aromatic carbocycles. The van der Waals surface area contributed by atoms with E-state index < -0.39 is 55.6 Å². The van der Waals surface area contributed by atoms with Crippen molar-refractivity contribution in [2.24, 2.45) is 0 Å². The molecule has 5 atom stereocenters. The monoisotopic (exact) mass is 1050 g/mol. The number of ether oxygens (including phenoxy) is 5. The molecule has 76 heavy (non-hydrogen) atoms. The number of aromatic amines is 1. The zero-order chi connectivity index (χ0) is 54.4. The van der Waals surface area contributed by atoms with E-state index in [0.717, 1.165) is 38.8 Å². The molecular formula is C58H67N6O11P. The molecule has 1 fully saturated rings. The number of carbonyl (C=O) groups excluding carboxylic acids is 2. The molecule has 400 valence electrons. The molecule has 0 aliphatic carbocycles. The molecule has 7 rings (SSSR count). The van der Waals surface area contributed by atoms with Gasteiger partial charge in [0.1, 0.15) is 35.2 Å². The van der Waals surface area contributed by atoms with Crippen LogP contribution in [0.3, 0.4) is 0 Å². The highest BCUT2D eigenvalue weighted by Crippen LogP contribution is 2.51. The van der Waals surface area contributed by atoms with E-state index in [-0.39, 0.29) is 62.7 Å². The number of methoxy groups -OCH3 is 3. The molecule has 0 radical (unpaired) electrons. The van der Waals surface area contributed by atoms with E-state index in [4.69, 9.17) is 32.7 Å². The Morgan fingerprint density at radius 1 is 0.816 bits per heavy atom. The van der Waals surface area contributed by atoms with Gasteiger partial charge in [-0.05, 0) is 110 Å². The van der Waals surface area contributed by atoms with Crippen LogP contribution in [-0.4, -0.2) is 98.0 Å². The lowest BCUT2D eigenvalue weighted by molar-refractivity contribution is -0.122. The Morgan fingerprint density at radius 2 is 1.41 bits per heavy atom. The predicted octanol–water partition coefficient (Wildman–Crippen LogP) is 8.72. The Labute approximate surface area is 444 Å². The summed E-state index contributed by atoms with van der Waals surface area (Å²) in [4.78, 5) is 55.6. The SMILES string of the molecule is COc1ccc(C(OC[C@H]2O[C@@H](n3cc(/C=C/C(=O)NCCNC(=O)[C@@H](C)c4ccc5cc(OC)ccc5c4)c(=O)[nH]c3=O)CC2OP(OCCC#N)N(C(C)C)C(C)C)(c2ccccc2)c2ccc(OC)cc2)cc1. The third-order valence-electron chi connectivity index (χ3n) is 13.1. The lowest BCUT2D eigenvalue weighted by Crippen LogP contribution is -2.39. The smallest absolute Gasteiger partial charge is 0.330 e. The fourth-order valence-corrected chi connectivity index (χ4v) is 11.0. The van der Waals surface area contributed by atoms with E-state index in [1.165, 1.54) is 22.9 Å². The third-order valence-corrected chi connectivity index (χ3v) is 15.3. The molecule has 6 aromatic rings. The van der Waals surface area contributed by atoms with Gasteiger partial charge in [-0.25, -0.2) is 9.46 Å². The zero-order valence-corrected chi connectivity index (χ0v) is 45.1. The lowest BCUT2D eigenvalue weighted by atomic mass is 9.80. The van der Waals surface area contributed by atoms with Crippen molar-refractivity contribution in [2.75, 3.05) is 47.6 Å². The van der Waals surface area contributed by atoms with Crippen molar-refractivity contribution in [1.29, 1.82) is 5.26 Å². The van der Waals surface area contributed by atoms with Crippen LogP contribution in [-0.2, 0) is 33.7 Å². The van der Waals surface area contributed by atoms with Gasteiger partial charge >= 0.3 is 5.69 Å². The second-order valence-corrected chi connectivity index (χ2v) is 20.1. The normalized spacial score (nSPS) is 16.5. The van der Waals surface area contributed by atoms with Gasteiger partial charge < -0.3 is 43.4 Å². The maximum atomic E-state index is 13.8. The number of rotatable bonds is 25. The number of hydrogen-bond acceptors (Lipinski definition) is 13. The highest BCUT2D eigenvalue weighted by atomic mass is 31.2. The van der Waals surface area contributed by atoms with Crippen LogP contribution < -0.4 is 36.1 Å². The number of H-pyrrole nitrogens is 1. The van der Waals surface area contributed by atoms with Crippen molar-refractivity contribution in [2.45, 2.75) is 89.5 Å². The van der Waals surface area contributed by atoms with Crippen molar-refractivity contribution in [3.05, 3.63) is 176 Å². The number of carbonyl (C=O) groups is 2. The van der Waals surface area contributed by atoms with E-state index in [0.29, 0.717) is 11.5 Å². The summed E-state index contributed by atoms with van der Waals surface area (Å²) in [5.41, 5.74) is 0.587. The van der Waals surface area contributed by atoms with E-state index in [1.807, 2.05) is 150 Å². The second kappa shape index (κ2) is 26.6. The molecule has 2 amide bonds. The molecule has 2 unspecified atom stereocenters. The number of nitrogens with zero attached hydrogens (tertiary/aromatic N) is 3. The lowest BCUT2D eigenvalue weighted by Gasteiger charge is -2.39. The molecule has 1 aromatic heterocycles. The summed E-state index contributed by atoms with van der Waals surface area (Å²) in [6, 6.07) is 38.8. The molecule has 1 aliphatic rings. The summed E-state index contributed by atoms with van der Waals surface area (Å²) < 4.78 is 47.3. The van der Waals surface area contributed by atoms with Crippen LogP contribution >= 0.6 is 8.53 Å². The number of amides is 2. The average Bonchev–Trinajstić information content (AvgIpc) is 3.84. The minimum absolute atomic E-state index is 0.0140. The minimum atomic E-state index is -1.79. The maximum Gasteiger partial charge on any atom is 0.330 e. The van der Waals surface area contributed by atoms with E-state index in [2.05, 4.69) is 26.4 Å². The molecule has 17 nitrogen and oxygen atoms in total. The van der Waals surface area contributed by atoms with Crippen LogP contribution in [0.5, 0.6) is 17.2 Å².